The van der Waals surface area contributed by atoms with Crippen LogP contribution < -0.4 is 0 Å². The van der Waals surface area contributed by atoms with E-state index in [1.807, 2.05) is 0 Å². The number of piperidine rings is 1. The van der Waals surface area contributed by atoms with Gasteiger partial charge in [0.25, 0.3) is 12.3 Å². The largest absolute Gasteiger partial charge is 0.435 e. The summed E-state index contributed by atoms with van der Waals surface area (Å²) in [5.74, 6) is -2.13. The van der Waals surface area contributed by atoms with E-state index in [-0.39, 0.29) is 37.3 Å². The number of rotatable bonds is 4. The van der Waals surface area contributed by atoms with Crippen molar-refractivity contribution in [1.82, 2.24) is 14.7 Å². The van der Waals surface area contributed by atoms with E-state index in [1.165, 1.54) is 12.1 Å². The maximum Gasteiger partial charge on any atom is 0.435 e. The Labute approximate surface area is 167 Å². The first-order chi connectivity index (χ1) is 13.9. The summed E-state index contributed by atoms with van der Waals surface area (Å²) in [6.07, 6.45) is -7.58. The van der Waals surface area contributed by atoms with Gasteiger partial charge in [0, 0.05) is 24.7 Å². The first-order valence-corrected chi connectivity index (χ1v) is 9.14. The maximum absolute atomic E-state index is 13.2. The smallest absolute Gasteiger partial charge is 0.375 e. The number of nitrogens with zero attached hydrogens (tertiary/aromatic N) is 3. The van der Waals surface area contributed by atoms with Gasteiger partial charge in [0.1, 0.15) is 5.82 Å². The minimum Gasteiger partial charge on any atom is -0.375 e. The zero-order valence-electron chi connectivity index (χ0n) is 15.8. The van der Waals surface area contributed by atoms with Gasteiger partial charge >= 0.3 is 6.18 Å². The van der Waals surface area contributed by atoms with Gasteiger partial charge in [-0.2, -0.15) is 18.3 Å². The highest BCUT2D eigenvalue weighted by atomic mass is 19.4. The van der Waals surface area contributed by atoms with Crippen LogP contribution in [0.3, 0.4) is 0 Å². The lowest BCUT2D eigenvalue weighted by Gasteiger charge is -2.36. The van der Waals surface area contributed by atoms with Crippen molar-refractivity contribution in [2.24, 2.45) is 0 Å². The van der Waals surface area contributed by atoms with Gasteiger partial charge in [-0.3, -0.25) is 4.79 Å². The van der Waals surface area contributed by atoms with Gasteiger partial charge in [-0.05, 0) is 50.1 Å². The maximum atomic E-state index is 13.2. The topological polar surface area (TPSA) is 58.4 Å². The fraction of sp³-hybridized carbons (Fsp3) is 0.474. The third-order valence-electron chi connectivity index (χ3n) is 5.16. The number of carbonyl (C=O) groups excluding carboxylic acids is 1. The highest BCUT2D eigenvalue weighted by Crippen LogP contribution is 2.36. The van der Waals surface area contributed by atoms with Crippen molar-refractivity contribution < 1.29 is 36.2 Å². The van der Waals surface area contributed by atoms with E-state index in [2.05, 4.69) is 5.10 Å². The lowest BCUT2D eigenvalue weighted by Crippen LogP contribution is -2.53. The molecule has 0 radical (unpaired) electrons. The van der Waals surface area contributed by atoms with Crippen LogP contribution in [0.1, 0.15) is 37.1 Å². The molecule has 1 saturated heterocycles. The Balaban J connectivity index is 1.85. The molecule has 1 fully saturated rings. The van der Waals surface area contributed by atoms with Crippen molar-refractivity contribution in [1.29, 1.82) is 0 Å². The second-order valence-electron chi connectivity index (χ2n) is 7.36. The van der Waals surface area contributed by atoms with E-state index < -0.39 is 41.5 Å². The van der Waals surface area contributed by atoms with Crippen LogP contribution in [-0.2, 0) is 11.0 Å². The van der Waals surface area contributed by atoms with Crippen molar-refractivity contribution in [3.63, 3.8) is 0 Å². The molecule has 0 aliphatic carbocycles. The first kappa shape index (κ1) is 22.1. The minimum absolute atomic E-state index is 0.0116. The average molecular weight is 435 g/mol. The molecular weight excluding hydrogens is 416 g/mol. The third-order valence-corrected chi connectivity index (χ3v) is 5.16. The van der Waals surface area contributed by atoms with Crippen LogP contribution in [0.15, 0.2) is 30.3 Å². The molecule has 0 saturated carbocycles. The fourth-order valence-corrected chi connectivity index (χ4v) is 3.41. The van der Waals surface area contributed by atoms with E-state index in [1.54, 1.807) is 0 Å². The predicted octanol–water partition coefficient (Wildman–Crippen LogP) is 3.75. The molecule has 0 bridgehead atoms. The van der Waals surface area contributed by atoms with Gasteiger partial charge in [-0.1, -0.05) is 0 Å². The quantitative estimate of drug-likeness (QED) is 0.745. The molecule has 1 atom stereocenters. The van der Waals surface area contributed by atoms with Crippen molar-refractivity contribution in [2.45, 2.75) is 43.9 Å². The van der Waals surface area contributed by atoms with Gasteiger partial charge in [0.05, 0.1) is 5.69 Å². The van der Waals surface area contributed by atoms with Crippen molar-refractivity contribution >= 4 is 5.91 Å². The molecule has 0 unspecified atom stereocenters. The first-order valence-electron chi connectivity index (χ1n) is 9.14. The van der Waals surface area contributed by atoms with Gasteiger partial charge in [-0.25, -0.2) is 17.9 Å². The predicted molar refractivity (Wildman–Crippen MR) is 93.7 cm³/mol. The number of aromatic nitrogens is 2. The summed E-state index contributed by atoms with van der Waals surface area (Å²) >= 11 is 0. The number of hydrogen-bond acceptors (Lipinski definition) is 3. The van der Waals surface area contributed by atoms with Crippen LogP contribution in [0.4, 0.5) is 26.3 Å². The van der Waals surface area contributed by atoms with Gasteiger partial charge in [0.2, 0.25) is 5.60 Å². The van der Waals surface area contributed by atoms with Crippen LogP contribution in [0.2, 0.25) is 0 Å². The molecule has 164 valence electrons. The molecule has 0 spiro atoms. The lowest BCUT2D eigenvalue weighted by molar-refractivity contribution is -0.166. The Hall–Kier alpha value is -2.56. The number of aliphatic hydroxyl groups is 1. The van der Waals surface area contributed by atoms with Crippen LogP contribution in [0.5, 0.6) is 0 Å². The number of hydrogen-bond donors (Lipinski definition) is 1. The molecule has 1 aromatic heterocycles. The lowest BCUT2D eigenvalue weighted by atomic mass is 9.92. The zero-order valence-corrected chi connectivity index (χ0v) is 15.8. The Morgan fingerprint density at radius 1 is 1.17 bits per heavy atom. The molecule has 1 amide bonds. The Kier molecular flexibility index (Phi) is 5.85. The van der Waals surface area contributed by atoms with Crippen molar-refractivity contribution in [2.75, 3.05) is 13.1 Å². The average Bonchev–Trinajstić information content (AvgIpc) is 3.14. The normalized spacial score (nSPS) is 18.0. The monoisotopic (exact) mass is 435 g/mol. The molecule has 2 heterocycles. The molecule has 1 aromatic carbocycles. The summed E-state index contributed by atoms with van der Waals surface area (Å²) in [5, 5.41) is 13.3. The molecule has 11 heteroatoms. The van der Waals surface area contributed by atoms with Gasteiger partial charge in [0.15, 0.2) is 5.69 Å². The Morgan fingerprint density at radius 2 is 1.73 bits per heavy atom. The van der Waals surface area contributed by atoms with Crippen LogP contribution in [0.25, 0.3) is 5.69 Å². The number of likely N-dealkylation sites (tertiary alicyclic amines) is 1. The highest BCUT2D eigenvalue weighted by molar-refractivity contribution is 5.85. The number of amides is 1. The summed E-state index contributed by atoms with van der Waals surface area (Å²) in [5.41, 5.74) is -3.48. The summed E-state index contributed by atoms with van der Waals surface area (Å²) < 4.78 is 79.7. The SMILES string of the molecule is C[C@@](O)(C(=O)N1CCC(c2cc(C(F)(F)F)nn2-c2ccc(F)cc2)CC1)C(F)F. The molecule has 30 heavy (non-hydrogen) atoms. The van der Waals surface area contributed by atoms with Gasteiger partial charge < -0.3 is 10.0 Å². The number of halogens is 6. The molecule has 1 aliphatic heterocycles. The van der Waals surface area contributed by atoms with E-state index in [4.69, 9.17) is 0 Å². The van der Waals surface area contributed by atoms with Crippen molar-refractivity contribution in [3.05, 3.63) is 47.5 Å². The standard InChI is InChI=1S/C19H19F6N3O2/c1-18(30,16(21)22)17(29)27-8-6-11(7-9-27)14-10-15(19(23,24)25)26-28(14)13-4-2-12(20)3-5-13/h2-5,10-11,16,30H,6-9H2,1H3/t18-/m0/s1. The Bertz CT molecular complexity index is 900. The van der Waals surface area contributed by atoms with Crippen LogP contribution in [-0.4, -0.2) is 50.8 Å². The Morgan fingerprint density at radius 3 is 2.23 bits per heavy atom. The zero-order chi connectivity index (χ0) is 22.3. The second kappa shape index (κ2) is 7.93. The molecule has 5 nitrogen and oxygen atoms in total. The molecule has 1 aliphatic rings. The minimum atomic E-state index is -4.69. The van der Waals surface area contributed by atoms with Crippen LogP contribution in [0, 0.1) is 5.82 Å². The summed E-state index contributed by atoms with van der Waals surface area (Å²) in [4.78, 5) is 13.2. The van der Waals surface area contributed by atoms with E-state index >= 15 is 0 Å². The molecular formula is C19H19F6N3O2. The molecule has 1 N–H and O–H groups in total. The van der Waals surface area contributed by atoms with Crippen molar-refractivity contribution in [3.8, 4) is 5.69 Å². The molecule has 2 aromatic rings. The second-order valence-corrected chi connectivity index (χ2v) is 7.36. The number of carbonyl (C=O) groups is 1. The van der Waals surface area contributed by atoms with Crippen LogP contribution >= 0.6 is 0 Å². The summed E-state index contributed by atoms with van der Waals surface area (Å²) in [6.45, 7) is 0.704. The third kappa shape index (κ3) is 4.30. The van der Waals surface area contributed by atoms with Gasteiger partial charge in [-0.15, -0.1) is 0 Å². The summed E-state index contributed by atoms with van der Waals surface area (Å²) in [7, 11) is 0. The fourth-order valence-electron chi connectivity index (χ4n) is 3.41. The van der Waals surface area contributed by atoms with E-state index in [0.717, 1.165) is 34.7 Å². The number of benzene rings is 1. The highest BCUT2D eigenvalue weighted by Gasteiger charge is 2.44. The number of alkyl halides is 5. The summed E-state index contributed by atoms with van der Waals surface area (Å²) in [6, 6.07) is 5.69. The van der Waals surface area contributed by atoms with E-state index in [9.17, 15) is 36.2 Å². The van der Waals surface area contributed by atoms with E-state index in [0.29, 0.717) is 0 Å². The molecule has 3 rings (SSSR count).